The number of hydrogen-bond donors (Lipinski definition) is 0. The highest BCUT2D eigenvalue weighted by Gasteiger charge is 2.17. The third-order valence-electron chi connectivity index (χ3n) is 3.48. The Hall–Kier alpha value is -2.29. The molecule has 1 aromatic heterocycles. The first-order valence-corrected chi connectivity index (χ1v) is 7.00. The quantitative estimate of drug-likeness (QED) is 0.599. The van der Waals surface area contributed by atoms with E-state index >= 15 is 0 Å². The zero-order valence-electron chi connectivity index (χ0n) is 12.7. The highest BCUT2D eigenvalue weighted by atomic mass is 16.5. The van der Waals surface area contributed by atoms with Gasteiger partial charge in [-0.25, -0.2) is 0 Å². The van der Waals surface area contributed by atoms with Crippen molar-refractivity contribution in [3.8, 4) is 0 Å². The Kier molecular flexibility index (Phi) is 4.63. The molecule has 3 nitrogen and oxygen atoms in total. The molecule has 1 aromatic carbocycles. The van der Waals surface area contributed by atoms with E-state index in [0.29, 0.717) is 0 Å². The van der Waals surface area contributed by atoms with Crippen LogP contribution in [0.4, 0.5) is 0 Å². The Balaban J connectivity index is 2.35. The number of carbonyl (C=O) groups excluding carboxylic acids is 1. The van der Waals surface area contributed by atoms with E-state index in [1.807, 2.05) is 32.2 Å². The Bertz CT molecular complexity index is 695. The Morgan fingerprint density at radius 3 is 2.76 bits per heavy atom. The lowest BCUT2D eigenvalue weighted by Gasteiger charge is -2.08. The van der Waals surface area contributed by atoms with Gasteiger partial charge >= 0.3 is 5.97 Å². The number of allylic oxidation sites excluding steroid dienone is 1. The number of carbonyl (C=O) groups is 1. The van der Waals surface area contributed by atoms with Crippen molar-refractivity contribution >= 4 is 16.9 Å². The minimum absolute atomic E-state index is 0.228. The number of ether oxygens (including phenoxy) is 1. The van der Waals surface area contributed by atoms with E-state index in [-0.39, 0.29) is 19.0 Å². The number of benzene rings is 1. The number of para-hydroxylation sites is 1. The molecule has 0 fully saturated rings. The molecule has 0 unspecified atom stereocenters. The van der Waals surface area contributed by atoms with Crippen LogP contribution in [-0.4, -0.2) is 17.1 Å². The van der Waals surface area contributed by atoms with E-state index in [0.717, 1.165) is 28.8 Å². The molecule has 3 heteroatoms. The fourth-order valence-electron chi connectivity index (χ4n) is 2.51. The molecule has 2 rings (SSSR count). The molecule has 21 heavy (non-hydrogen) atoms. The van der Waals surface area contributed by atoms with Crippen LogP contribution in [0.3, 0.4) is 0 Å². The number of fused-ring (bicyclic) bond motifs is 1. The Labute approximate surface area is 125 Å². The predicted molar refractivity (Wildman–Crippen MR) is 86.3 cm³/mol. The topological polar surface area (TPSA) is 31.2 Å². The van der Waals surface area contributed by atoms with E-state index in [4.69, 9.17) is 4.74 Å². The first kappa shape index (κ1) is 15.1. The maximum absolute atomic E-state index is 12.0. The van der Waals surface area contributed by atoms with Crippen LogP contribution in [0.15, 0.2) is 49.1 Å². The van der Waals surface area contributed by atoms with Crippen LogP contribution in [0.25, 0.3) is 10.9 Å². The van der Waals surface area contributed by atoms with Gasteiger partial charge in [0.1, 0.15) is 6.61 Å². The molecule has 0 amide bonds. The van der Waals surface area contributed by atoms with E-state index in [1.54, 1.807) is 0 Å². The fraction of sp³-hybridized carbons (Fsp3) is 0.278. The molecular weight excluding hydrogens is 262 g/mol. The van der Waals surface area contributed by atoms with E-state index < -0.39 is 0 Å². The van der Waals surface area contributed by atoms with Gasteiger partial charge in [-0.15, -0.1) is 6.58 Å². The molecule has 2 aromatic rings. The smallest absolute Gasteiger partial charge is 0.312 e. The molecule has 0 saturated heterocycles. The van der Waals surface area contributed by atoms with Gasteiger partial charge in [-0.05, 0) is 30.5 Å². The van der Waals surface area contributed by atoms with Crippen LogP contribution in [-0.2, 0) is 29.4 Å². The number of esters is 1. The number of aromatic nitrogens is 1. The number of rotatable bonds is 6. The molecule has 0 saturated carbocycles. The maximum Gasteiger partial charge on any atom is 0.312 e. The van der Waals surface area contributed by atoms with Gasteiger partial charge in [0.25, 0.3) is 0 Å². The van der Waals surface area contributed by atoms with Gasteiger partial charge in [0.05, 0.1) is 6.42 Å². The lowest BCUT2D eigenvalue weighted by Crippen LogP contribution is -2.13. The fourth-order valence-corrected chi connectivity index (χ4v) is 2.51. The van der Waals surface area contributed by atoms with Crippen molar-refractivity contribution < 1.29 is 9.53 Å². The van der Waals surface area contributed by atoms with Crippen LogP contribution >= 0.6 is 0 Å². The summed E-state index contributed by atoms with van der Waals surface area (Å²) in [5.41, 5.74) is 4.10. The van der Waals surface area contributed by atoms with Crippen LogP contribution in [0.5, 0.6) is 0 Å². The zero-order valence-corrected chi connectivity index (χ0v) is 12.7. The summed E-state index contributed by atoms with van der Waals surface area (Å²) in [5, 5.41) is 1.17. The van der Waals surface area contributed by atoms with Crippen LogP contribution in [0.1, 0.15) is 18.2 Å². The van der Waals surface area contributed by atoms with Crippen molar-refractivity contribution in [3.63, 3.8) is 0 Å². The van der Waals surface area contributed by atoms with Gasteiger partial charge in [-0.1, -0.05) is 30.9 Å². The van der Waals surface area contributed by atoms with Crippen molar-refractivity contribution in [2.45, 2.75) is 19.8 Å². The molecular formula is C18H21NO2. The van der Waals surface area contributed by atoms with E-state index in [1.165, 1.54) is 5.39 Å². The summed E-state index contributed by atoms with van der Waals surface area (Å²) in [6, 6.07) is 8.16. The molecule has 110 valence electrons. The highest BCUT2D eigenvalue weighted by Crippen LogP contribution is 2.26. The SMILES string of the molecule is C=CCc1c(CC(=O)OCC(=C)C)n(C)c2ccccc12. The second-order valence-electron chi connectivity index (χ2n) is 5.29. The average Bonchev–Trinajstić information content (AvgIpc) is 2.72. The van der Waals surface area contributed by atoms with Crippen molar-refractivity contribution in [1.29, 1.82) is 0 Å². The second kappa shape index (κ2) is 6.44. The van der Waals surface area contributed by atoms with E-state index in [9.17, 15) is 4.79 Å². The monoisotopic (exact) mass is 283 g/mol. The molecule has 0 radical (unpaired) electrons. The van der Waals surface area contributed by atoms with Gasteiger partial charge in [0.2, 0.25) is 0 Å². The van der Waals surface area contributed by atoms with Crippen molar-refractivity contribution in [2.24, 2.45) is 7.05 Å². The molecule has 1 heterocycles. The number of nitrogens with zero attached hydrogens (tertiary/aromatic N) is 1. The normalized spacial score (nSPS) is 10.6. The lowest BCUT2D eigenvalue weighted by molar-refractivity contribution is -0.141. The van der Waals surface area contributed by atoms with Gasteiger partial charge in [-0.2, -0.15) is 0 Å². The minimum Gasteiger partial charge on any atom is -0.461 e. The second-order valence-corrected chi connectivity index (χ2v) is 5.29. The van der Waals surface area contributed by atoms with Crippen molar-refractivity contribution in [1.82, 2.24) is 4.57 Å². The number of hydrogen-bond acceptors (Lipinski definition) is 2. The molecule has 0 bridgehead atoms. The summed E-state index contributed by atoms with van der Waals surface area (Å²) < 4.78 is 7.28. The van der Waals surface area contributed by atoms with Crippen molar-refractivity contribution in [3.05, 3.63) is 60.3 Å². The number of aryl methyl sites for hydroxylation is 1. The predicted octanol–water partition coefficient (Wildman–Crippen LogP) is 3.57. The third-order valence-corrected chi connectivity index (χ3v) is 3.48. The Morgan fingerprint density at radius 1 is 1.38 bits per heavy atom. The minimum atomic E-state index is -0.228. The highest BCUT2D eigenvalue weighted by molar-refractivity contribution is 5.87. The van der Waals surface area contributed by atoms with Gasteiger partial charge in [0.15, 0.2) is 0 Å². The zero-order chi connectivity index (χ0) is 15.4. The average molecular weight is 283 g/mol. The molecule has 0 aliphatic heterocycles. The molecule has 0 N–H and O–H groups in total. The Morgan fingerprint density at radius 2 is 2.10 bits per heavy atom. The van der Waals surface area contributed by atoms with Crippen LogP contribution < -0.4 is 0 Å². The summed E-state index contributed by atoms with van der Waals surface area (Å²) in [7, 11) is 1.98. The first-order valence-electron chi connectivity index (χ1n) is 7.00. The maximum atomic E-state index is 12.0. The largest absolute Gasteiger partial charge is 0.461 e. The van der Waals surface area contributed by atoms with Crippen molar-refractivity contribution in [2.75, 3.05) is 6.61 Å². The van der Waals surface area contributed by atoms with E-state index in [2.05, 4.69) is 29.9 Å². The van der Waals surface area contributed by atoms with Crippen LogP contribution in [0.2, 0.25) is 0 Å². The molecule has 0 atom stereocenters. The summed E-state index contributed by atoms with van der Waals surface area (Å²) in [6.07, 6.45) is 2.87. The van der Waals surface area contributed by atoms with Gasteiger partial charge in [-0.3, -0.25) is 4.79 Å². The molecule has 0 spiro atoms. The third kappa shape index (κ3) is 3.24. The summed E-state index contributed by atoms with van der Waals surface area (Å²) in [6.45, 7) is 9.67. The lowest BCUT2D eigenvalue weighted by atomic mass is 10.1. The standard InChI is InChI=1S/C18H21NO2/c1-5-8-14-15-9-6-7-10-16(15)19(4)17(14)11-18(20)21-12-13(2)3/h5-7,9-10H,1-2,8,11-12H2,3-4H3. The first-order chi connectivity index (χ1) is 10.0. The van der Waals surface area contributed by atoms with Crippen LogP contribution in [0, 0.1) is 0 Å². The van der Waals surface area contributed by atoms with Gasteiger partial charge in [0, 0.05) is 23.6 Å². The summed E-state index contributed by atoms with van der Waals surface area (Å²) >= 11 is 0. The van der Waals surface area contributed by atoms with Gasteiger partial charge < -0.3 is 9.30 Å². The summed E-state index contributed by atoms with van der Waals surface area (Å²) in [4.78, 5) is 12.0. The molecule has 0 aliphatic rings. The summed E-state index contributed by atoms with van der Waals surface area (Å²) in [5.74, 6) is -0.228. The molecule has 0 aliphatic carbocycles.